The van der Waals surface area contributed by atoms with Crippen molar-refractivity contribution < 1.29 is 18.3 Å². The number of nitrogens with one attached hydrogen (secondary N) is 1. The molecule has 0 aliphatic heterocycles. The number of amides is 1. The molecule has 1 aromatic heterocycles. The third-order valence-corrected chi connectivity index (χ3v) is 2.69. The molecule has 0 spiro atoms. The van der Waals surface area contributed by atoms with Crippen LogP contribution in [0, 0.1) is 6.92 Å². The SMILES string of the molecule is COc1ccc(C)cc1NC(=O)c1ccnn1C(F)F. The molecule has 0 fully saturated rings. The van der Waals surface area contributed by atoms with E-state index in [1.165, 1.54) is 13.2 Å². The molecule has 0 saturated carbocycles. The van der Waals surface area contributed by atoms with Crippen LogP contribution in [0.5, 0.6) is 5.75 Å². The van der Waals surface area contributed by atoms with Crippen molar-refractivity contribution in [1.29, 1.82) is 0 Å². The van der Waals surface area contributed by atoms with Gasteiger partial charge in [-0.25, -0.2) is 0 Å². The lowest BCUT2D eigenvalue weighted by Crippen LogP contribution is -2.18. The number of aryl methyl sites for hydroxylation is 1. The van der Waals surface area contributed by atoms with Gasteiger partial charge in [-0.05, 0) is 30.7 Å². The first-order chi connectivity index (χ1) is 9.52. The second-order valence-electron chi connectivity index (χ2n) is 4.10. The normalized spacial score (nSPS) is 10.7. The molecule has 1 heterocycles. The fourth-order valence-corrected chi connectivity index (χ4v) is 1.76. The second kappa shape index (κ2) is 5.68. The van der Waals surface area contributed by atoms with Gasteiger partial charge in [-0.2, -0.15) is 18.6 Å². The minimum absolute atomic E-state index is 0.219. The van der Waals surface area contributed by atoms with Crippen molar-refractivity contribution in [3.8, 4) is 5.75 Å². The van der Waals surface area contributed by atoms with Crippen LogP contribution in [-0.2, 0) is 0 Å². The molecule has 2 aromatic rings. The zero-order valence-electron chi connectivity index (χ0n) is 10.9. The number of ether oxygens (including phenoxy) is 1. The molecule has 20 heavy (non-hydrogen) atoms. The minimum atomic E-state index is -2.87. The molecular formula is C13H13F2N3O2. The lowest BCUT2D eigenvalue weighted by atomic mass is 10.2. The number of alkyl halides is 2. The minimum Gasteiger partial charge on any atom is -0.495 e. The summed E-state index contributed by atoms with van der Waals surface area (Å²) in [4.78, 5) is 12.0. The zero-order chi connectivity index (χ0) is 14.7. The van der Waals surface area contributed by atoms with Gasteiger partial charge in [-0.1, -0.05) is 6.07 Å². The molecule has 0 saturated heterocycles. The van der Waals surface area contributed by atoms with Crippen molar-refractivity contribution in [1.82, 2.24) is 9.78 Å². The third kappa shape index (κ3) is 2.76. The predicted octanol–water partition coefficient (Wildman–Crippen LogP) is 2.85. The number of anilines is 1. The molecule has 0 bridgehead atoms. The molecule has 106 valence electrons. The molecule has 0 atom stereocenters. The molecule has 7 heteroatoms. The van der Waals surface area contributed by atoms with Crippen LogP contribution in [0.2, 0.25) is 0 Å². The Morgan fingerprint density at radius 2 is 2.15 bits per heavy atom. The van der Waals surface area contributed by atoms with Gasteiger partial charge in [-0.3, -0.25) is 4.79 Å². The topological polar surface area (TPSA) is 56.1 Å². The molecule has 0 radical (unpaired) electrons. The summed E-state index contributed by atoms with van der Waals surface area (Å²) in [6.45, 7) is -1.02. The van der Waals surface area contributed by atoms with Gasteiger partial charge in [0.25, 0.3) is 5.91 Å². The number of aromatic nitrogens is 2. The summed E-state index contributed by atoms with van der Waals surface area (Å²) in [5.74, 6) is -0.223. The number of carbonyl (C=O) groups is 1. The summed E-state index contributed by atoms with van der Waals surface area (Å²) >= 11 is 0. The molecular weight excluding hydrogens is 268 g/mol. The fourth-order valence-electron chi connectivity index (χ4n) is 1.76. The Morgan fingerprint density at radius 3 is 2.80 bits per heavy atom. The van der Waals surface area contributed by atoms with E-state index in [1.807, 2.05) is 13.0 Å². The Labute approximate surface area is 114 Å². The van der Waals surface area contributed by atoms with Crippen LogP contribution in [0.1, 0.15) is 22.6 Å². The first-order valence-corrected chi connectivity index (χ1v) is 5.80. The van der Waals surface area contributed by atoms with Gasteiger partial charge in [0.15, 0.2) is 0 Å². The van der Waals surface area contributed by atoms with Crippen LogP contribution >= 0.6 is 0 Å². The summed E-state index contributed by atoms with van der Waals surface area (Å²) in [7, 11) is 1.46. The standard InChI is InChI=1S/C13H13F2N3O2/c1-8-3-4-11(20-2)9(7-8)17-12(19)10-5-6-16-18(10)13(14)15/h3-7,13H,1-2H3,(H,17,19). The summed E-state index contributed by atoms with van der Waals surface area (Å²) < 4.78 is 30.8. The van der Waals surface area contributed by atoms with E-state index in [9.17, 15) is 13.6 Å². The summed E-state index contributed by atoms with van der Waals surface area (Å²) in [5.41, 5.74) is 1.10. The van der Waals surface area contributed by atoms with Crippen molar-refractivity contribution in [2.75, 3.05) is 12.4 Å². The van der Waals surface area contributed by atoms with Crippen LogP contribution in [0.15, 0.2) is 30.5 Å². The number of halogens is 2. The average molecular weight is 281 g/mol. The first kappa shape index (κ1) is 14.0. The Bertz CT molecular complexity index is 626. The van der Waals surface area contributed by atoms with Gasteiger partial charge >= 0.3 is 6.55 Å². The van der Waals surface area contributed by atoms with E-state index in [2.05, 4.69) is 10.4 Å². The van der Waals surface area contributed by atoms with E-state index >= 15 is 0 Å². The lowest BCUT2D eigenvalue weighted by Gasteiger charge is -2.11. The molecule has 0 unspecified atom stereocenters. The number of rotatable bonds is 4. The first-order valence-electron chi connectivity index (χ1n) is 5.80. The molecule has 1 aromatic carbocycles. The van der Waals surface area contributed by atoms with Gasteiger partial charge in [-0.15, -0.1) is 0 Å². The number of hydrogen-bond acceptors (Lipinski definition) is 3. The maximum Gasteiger partial charge on any atom is 0.333 e. The van der Waals surface area contributed by atoms with E-state index < -0.39 is 12.5 Å². The van der Waals surface area contributed by atoms with Crippen LogP contribution in [0.25, 0.3) is 0 Å². The van der Waals surface area contributed by atoms with Crippen molar-refractivity contribution in [2.45, 2.75) is 13.5 Å². The van der Waals surface area contributed by atoms with Gasteiger partial charge < -0.3 is 10.1 Å². The molecule has 1 amide bonds. The van der Waals surface area contributed by atoms with Crippen LogP contribution < -0.4 is 10.1 Å². The van der Waals surface area contributed by atoms with Crippen molar-refractivity contribution in [3.63, 3.8) is 0 Å². The van der Waals surface area contributed by atoms with Gasteiger partial charge in [0.2, 0.25) is 0 Å². The Hall–Kier alpha value is -2.44. The Morgan fingerprint density at radius 1 is 1.40 bits per heavy atom. The van der Waals surface area contributed by atoms with E-state index in [1.54, 1.807) is 12.1 Å². The quantitative estimate of drug-likeness (QED) is 0.937. The Kier molecular flexibility index (Phi) is 3.97. The summed E-state index contributed by atoms with van der Waals surface area (Å²) in [5, 5.41) is 5.95. The monoisotopic (exact) mass is 281 g/mol. The third-order valence-electron chi connectivity index (χ3n) is 2.69. The van der Waals surface area contributed by atoms with Gasteiger partial charge in [0.05, 0.1) is 12.8 Å². The van der Waals surface area contributed by atoms with E-state index in [0.717, 1.165) is 11.8 Å². The number of nitrogens with zero attached hydrogens (tertiary/aromatic N) is 2. The highest BCUT2D eigenvalue weighted by Gasteiger charge is 2.19. The molecule has 0 aliphatic carbocycles. The number of methoxy groups -OCH3 is 1. The maximum atomic E-state index is 12.7. The highest BCUT2D eigenvalue weighted by Crippen LogP contribution is 2.26. The predicted molar refractivity (Wildman–Crippen MR) is 69.2 cm³/mol. The molecule has 1 N–H and O–H groups in total. The van der Waals surface area contributed by atoms with Gasteiger partial charge in [0.1, 0.15) is 11.4 Å². The van der Waals surface area contributed by atoms with Crippen molar-refractivity contribution >= 4 is 11.6 Å². The van der Waals surface area contributed by atoms with E-state index in [-0.39, 0.29) is 5.69 Å². The zero-order valence-corrected chi connectivity index (χ0v) is 10.9. The summed E-state index contributed by atoms with van der Waals surface area (Å²) in [6.07, 6.45) is 1.15. The van der Waals surface area contributed by atoms with Crippen LogP contribution in [0.3, 0.4) is 0 Å². The molecule has 5 nitrogen and oxygen atoms in total. The van der Waals surface area contributed by atoms with Crippen molar-refractivity contribution in [2.24, 2.45) is 0 Å². The van der Waals surface area contributed by atoms with Crippen LogP contribution in [0.4, 0.5) is 14.5 Å². The number of hydrogen-bond donors (Lipinski definition) is 1. The number of carbonyl (C=O) groups excluding carboxylic acids is 1. The van der Waals surface area contributed by atoms with Gasteiger partial charge in [0, 0.05) is 6.20 Å². The Balaban J connectivity index is 2.28. The number of benzene rings is 1. The largest absolute Gasteiger partial charge is 0.495 e. The maximum absolute atomic E-state index is 12.7. The second-order valence-corrected chi connectivity index (χ2v) is 4.10. The fraction of sp³-hybridized carbons (Fsp3) is 0.231. The van der Waals surface area contributed by atoms with Crippen molar-refractivity contribution in [3.05, 3.63) is 41.7 Å². The summed E-state index contributed by atoms with van der Waals surface area (Å²) in [6, 6.07) is 6.43. The smallest absolute Gasteiger partial charge is 0.333 e. The highest BCUT2D eigenvalue weighted by molar-refractivity contribution is 6.03. The molecule has 2 rings (SSSR count). The average Bonchev–Trinajstić information content (AvgIpc) is 2.88. The van der Waals surface area contributed by atoms with Crippen LogP contribution in [-0.4, -0.2) is 22.8 Å². The van der Waals surface area contributed by atoms with E-state index in [4.69, 9.17) is 4.74 Å². The highest BCUT2D eigenvalue weighted by atomic mass is 19.3. The molecule has 0 aliphatic rings. The van der Waals surface area contributed by atoms with E-state index in [0.29, 0.717) is 16.1 Å². The lowest BCUT2D eigenvalue weighted by molar-refractivity contribution is 0.0520.